The summed E-state index contributed by atoms with van der Waals surface area (Å²) in [6, 6.07) is 21.3. The third-order valence-electron chi connectivity index (χ3n) is 7.08. The molecule has 6 rings (SSSR count). The van der Waals surface area contributed by atoms with Gasteiger partial charge in [0.05, 0.1) is 22.6 Å². The average Bonchev–Trinajstić information content (AvgIpc) is 3.47. The van der Waals surface area contributed by atoms with E-state index in [-0.39, 0.29) is 11.7 Å². The van der Waals surface area contributed by atoms with Gasteiger partial charge in [-0.15, -0.1) is 0 Å². The van der Waals surface area contributed by atoms with Gasteiger partial charge in [0.25, 0.3) is 0 Å². The lowest BCUT2D eigenvalue weighted by molar-refractivity contribution is 0.413. The van der Waals surface area contributed by atoms with E-state index in [1.54, 1.807) is 0 Å². The van der Waals surface area contributed by atoms with Crippen molar-refractivity contribution in [2.45, 2.75) is 39.4 Å². The first-order valence-corrected chi connectivity index (χ1v) is 11.5. The summed E-state index contributed by atoms with van der Waals surface area (Å²) < 4.78 is 8.59. The van der Waals surface area contributed by atoms with Gasteiger partial charge in [-0.2, -0.15) is 0 Å². The lowest BCUT2D eigenvalue weighted by Gasteiger charge is -2.41. The quantitative estimate of drug-likeness (QED) is 0.309. The van der Waals surface area contributed by atoms with Crippen molar-refractivity contribution in [1.29, 1.82) is 0 Å². The zero-order valence-corrected chi connectivity index (χ0v) is 19.7. The topological polar surface area (TPSA) is 37.4 Å². The van der Waals surface area contributed by atoms with Crippen LogP contribution in [0.4, 0.5) is 17.1 Å². The van der Waals surface area contributed by atoms with Gasteiger partial charge in [0.15, 0.2) is 5.58 Å². The molecule has 0 spiro atoms. The van der Waals surface area contributed by atoms with Crippen LogP contribution in [0.2, 0.25) is 0 Å². The van der Waals surface area contributed by atoms with Gasteiger partial charge in [-0.1, -0.05) is 42.5 Å². The van der Waals surface area contributed by atoms with Crippen LogP contribution < -0.4 is 9.80 Å². The van der Waals surface area contributed by atoms with Crippen molar-refractivity contribution in [3.8, 4) is 0 Å². The number of aromatic nitrogens is 2. The molecule has 3 aromatic carbocycles. The van der Waals surface area contributed by atoms with Crippen LogP contribution >= 0.6 is 0 Å². The maximum atomic E-state index is 6.48. The smallest absolute Gasteiger partial charge is 0.159 e. The molecule has 0 fully saturated rings. The molecule has 5 aromatic rings. The summed E-state index contributed by atoms with van der Waals surface area (Å²) in [4.78, 5) is 9.63. The van der Waals surface area contributed by atoms with E-state index >= 15 is 0 Å². The van der Waals surface area contributed by atoms with Gasteiger partial charge in [0.2, 0.25) is 0 Å². The first-order chi connectivity index (χ1) is 15.9. The highest BCUT2D eigenvalue weighted by Crippen LogP contribution is 2.51. The lowest BCUT2D eigenvalue weighted by atomic mass is 10.00. The monoisotopic (exact) mass is 436 g/mol. The van der Waals surface area contributed by atoms with Crippen molar-refractivity contribution in [1.82, 2.24) is 9.55 Å². The fourth-order valence-electron chi connectivity index (χ4n) is 5.70. The molecule has 0 aliphatic carbocycles. The number of anilines is 3. The van der Waals surface area contributed by atoms with Crippen molar-refractivity contribution >= 4 is 39.0 Å². The van der Waals surface area contributed by atoms with Crippen LogP contribution in [0.25, 0.3) is 21.9 Å². The predicted octanol–water partition coefficient (Wildman–Crippen LogP) is 6.87. The Hall–Kier alpha value is -3.73. The van der Waals surface area contributed by atoms with Gasteiger partial charge in [-0.3, -0.25) is 0 Å². The number of fused-ring (bicyclic) bond motifs is 4. The molecule has 0 saturated heterocycles. The van der Waals surface area contributed by atoms with Gasteiger partial charge in [-0.05, 0) is 51.5 Å². The second-order valence-corrected chi connectivity index (χ2v) is 9.49. The molecule has 0 N–H and O–H groups in total. The van der Waals surface area contributed by atoms with E-state index in [1.807, 2.05) is 24.5 Å². The minimum Gasteiger partial charge on any atom is -0.454 e. The largest absolute Gasteiger partial charge is 0.454 e. The Morgan fingerprint density at radius 2 is 1.64 bits per heavy atom. The van der Waals surface area contributed by atoms with Gasteiger partial charge < -0.3 is 18.8 Å². The summed E-state index contributed by atoms with van der Waals surface area (Å²) in [6.45, 7) is 8.94. The minimum absolute atomic E-state index is 0.0617. The standard InChI is InChI=1S/C28H28N4O/c1-18-14-15-21-20-10-6-9-13-24(20)33-26(21)25(18)31-19(2)32(23-12-8-7-11-22(23)31)28(3,4)27-29-16-17-30(27)5/h6-17,19H,1-5H3/t19-/m1/s1. The predicted molar refractivity (Wildman–Crippen MR) is 135 cm³/mol. The van der Waals surface area contributed by atoms with E-state index in [0.29, 0.717) is 0 Å². The summed E-state index contributed by atoms with van der Waals surface area (Å²) in [7, 11) is 2.06. The van der Waals surface area contributed by atoms with E-state index in [1.165, 1.54) is 16.9 Å². The Balaban J connectivity index is 1.60. The average molecular weight is 437 g/mol. The third-order valence-corrected chi connectivity index (χ3v) is 7.08. The number of furan rings is 1. The van der Waals surface area contributed by atoms with Gasteiger partial charge >= 0.3 is 0 Å². The van der Waals surface area contributed by atoms with E-state index in [0.717, 1.165) is 33.5 Å². The molecule has 2 aromatic heterocycles. The number of imidazole rings is 1. The molecule has 0 saturated carbocycles. The zero-order chi connectivity index (χ0) is 22.9. The SMILES string of the molecule is Cc1ccc2c(oc3ccccc32)c1N1c2ccccc2N(C(C)(C)c2nccn2C)[C@@H]1C. The fourth-order valence-corrected chi connectivity index (χ4v) is 5.70. The first-order valence-electron chi connectivity index (χ1n) is 11.5. The number of para-hydroxylation sites is 3. The molecule has 1 atom stereocenters. The molecule has 0 radical (unpaired) electrons. The number of benzene rings is 3. The maximum absolute atomic E-state index is 6.48. The van der Waals surface area contributed by atoms with Crippen molar-refractivity contribution in [2.24, 2.45) is 7.05 Å². The van der Waals surface area contributed by atoms with E-state index in [4.69, 9.17) is 9.40 Å². The summed E-state index contributed by atoms with van der Waals surface area (Å²) in [6.07, 6.45) is 3.95. The van der Waals surface area contributed by atoms with Crippen LogP contribution in [-0.4, -0.2) is 15.7 Å². The molecule has 1 aliphatic heterocycles. The van der Waals surface area contributed by atoms with E-state index in [2.05, 4.69) is 97.6 Å². The molecule has 0 bridgehead atoms. The van der Waals surface area contributed by atoms with Crippen molar-refractivity contribution in [3.63, 3.8) is 0 Å². The van der Waals surface area contributed by atoms with Gasteiger partial charge in [0.1, 0.15) is 17.6 Å². The van der Waals surface area contributed by atoms with Crippen molar-refractivity contribution in [3.05, 3.63) is 84.4 Å². The Labute approximate surface area is 193 Å². The number of rotatable bonds is 3. The Morgan fingerprint density at radius 3 is 2.39 bits per heavy atom. The highest BCUT2D eigenvalue weighted by Gasteiger charge is 2.45. The summed E-state index contributed by atoms with van der Waals surface area (Å²) in [5.74, 6) is 1.03. The molecular weight excluding hydrogens is 408 g/mol. The molecule has 0 amide bonds. The Kier molecular flexibility index (Phi) is 4.15. The number of aryl methyl sites for hydroxylation is 2. The minimum atomic E-state index is -0.321. The fraction of sp³-hybridized carbons (Fsp3) is 0.250. The van der Waals surface area contributed by atoms with Crippen LogP contribution in [0, 0.1) is 6.92 Å². The van der Waals surface area contributed by atoms with Gasteiger partial charge in [0, 0.05) is 30.2 Å². The van der Waals surface area contributed by atoms with Crippen molar-refractivity contribution < 1.29 is 4.42 Å². The lowest BCUT2D eigenvalue weighted by Crippen LogP contribution is -2.50. The number of nitrogens with zero attached hydrogens (tertiary/aromatic N) is 4. The summed E-state index contributed by atoms with van der Waals surface area (Å²) in [5, 5.41) is 2.30. The Bertz CT molecular complexity index is 1510. The molecule has 5 nitrogen and oxygen atoms in total. The van der Waals surface area contributed by atoms with Crippen LogP contribution in [-0.2, 0) is 12.6 Å². The van der Waals surface area contributed by atoms with E-state index < -0.39 is 0 Å². The summed E-state index contributed by atoms with van der Waals surface area (Å²) >= 11 is 0. The highest BCUT2D eigenvalue weighted by molar-refractivity contribution is 6.10. The van der Waals surface area contributed by atoms with E-state index in [9.17, 15) is 0 Å². The number of hydrogen-bond donors (Lipinski definition) is 0. The van der Waals surface area contributed by atoms with Crippen LogP contribution in [0.1, 0.15) is 32.2 Å². The van der Waals surface area contributed by atoms with Crippen molar-refractivity contribution in [2.75, 3.05) is 9.80 Å². The molecule has 33 heavy (non-hydrogen) atoms. The van der Waals surface area contributed by atoms with Crippen LogP contribution in [0.3, 0.4) is 0 Å². The Morgan fingerprint density at radius 1 is 0.909 bits per heavy atom. The summed E-state index contributed by atoms with van der Waals surface area (Å²) in [5.41, 5.74) is 6.24. The first kappa shape index (κ1) is 19.9. The zero-order valence-electron chi connectivity index (χ0n) is 19.7. The molecule has 5 heteroatoms. The normalized spacial score (nSPS) is 16.2. The molecule has 3 heterocycles. The molecule has 0 unspecified atom stereocenters. The second-order valence-electron chi connectivity index (χ2n) is 9.49. The number of hydrogen-bond acceptors (Lipinski definition) is 4. The van der Waals surface area contributed by atoms with Gasteiger partial charge in [-0.25, -0.2) is 4.98 Å². The second kappa shape index (κ2) is 6.88. The maximum Gasteiger partial charge on any atom is 0.159 e. The molecule has 166 valence electrons. The highest BCUT2D eigenvalue weighted by atomic mass is 16.3. The van der Waals surface area contributed by atoms with Crippen LogP contribution in [0.5, 0.6) is 0 Å². The third kappa shape index (κ3) is 2.68. The molecular formula is C28H28N4O. The van der Waals surface area contributed by atoms with Crippen LogP contribution in [0.15, 0.2) is 77.5 Å². The molecule has 1 aliphatic rings.